The Hall–Kier alpha value is -6.93. The van der Waals surface area contributed by atoms with Crippen LogP contribution in [0.2, 0.25) is 0 Å². The maximum absolute atomic E-state index is 15.7. The van der Waals surface area contributed by atoms with Crippen LogP contribution in [0.15, 0.2) is 55.0 Å². The average Bonchev–Trinajstić information content (AvgIpc) is 4.11. The van der Waals surface area contributed by atoms with Gasteiger partial charge in [0.2, 0.25) is 11.8 Å². The van der Waals surface area contributed by atoms with E-state index in [1.165, 1.54) is 0 Å². The van der Waals surface area contributed by atoms with E-state index < -0.39 is 36.1 Å². The molecule has 1 unspecified atom stereocenters. The van der Waals surface area contributed by atoms with Crippen LogP contribution < -0.4 is 25.3 Å². The quantitative estimate of drug-likeness (QED) is 0.173. The highest BCUT2D eigenvalue weighted by atomic mass is 19.3. The lowest BCUT2D eigenvalue weighted by Crippen LogP contribution is -2.54. The second-order valence-electron chi connectivity index (χ2n) is 20.5. The molecule has 0 bridgehead atoms. The molecule has 7 aliphatic rings. The van der Waals surface area contributed by atoms with E-state index in [1.807, 2.05) is 35.0 Å². The number of carbonyl (C=O) groups is 5. The van der Waals surface area contributed by atoms with Crippen LogP contribution in [0.4, 0.5) is 36.5 Å². The molecular weight excluding hydrogens is 939 g/mol. The van der Waals surface area contributed by atoms with Crippen molar-refractivity contribution in [2.24, 2.45) is 5.92 Å². The summed E-state index contributed by atoms with van der Waals surface area (Å²) in [4.78, 5) is 80.6. The summed E-state index contributed by atoms with van der Waals surface area (Å²) in [6.07, 6.45) is 8.88. The topological polar surface area (TPSA) is 173 Å². The fourth-order valence-electron chi connectivity index (χ4n) is 12.5. The van der Waals surface area contributed by atoms with Crippen molar-refractivity contribution >= 4 is 58.2 Å². The van der Waals surface area contributed by atoms with Crippen molar-refractivity contribution in [3.63, 3.8) is 0 Å². The summed E-state index contributed by atoms with van der Waals surface area (Å²) in [7, 11) is 1.64. The van der Waals surface area contributed by atoms with E-state index in [2.05, 4.69) is 39.9 Å². The largest absolute Gasteiger partial charge is 0.381 e. The normalized spacial score (nSPS) is 21.3. The Bertz CT molecular complexity index is 3030. The molecule has 2 N–H and O–H groups in total. The first-order valence-corrected chi connectivity index (χ1v) is 25.9. The third-order valence-electron chi connectivity index (χ3n) is 16.4. The van der Waals surface area contributed by atoms with Crippen molar-refractivity contribution in [2.45, 2.75) is 82.8 Å². The maximum atomic E-state index is 15.7. The van der Waals surface area contributed by atoms with Crippen molar-refractivity contribution in [2.75, 3.05) is 93.9 Å². The van der Waals surface area contributed by atoms with Crippen molar-refractivity contribution in [3.05, 3.63) is 88.5 Å². The molecule has 5 aromatic rings. The van der Waals surface area contributed by atoms with E-state index in [1.54, 1.807) is 36.3 Å². The van der Waals surface area contributed by atoms with Crippen LogP contribution in [0.5, 0.6) is 0 Å². The van der Waals surface area contributed by atoms with Crippen LogP contribution in [-0.4, -0.2) is 149 Å². The van der Waals surface area contributed by atoms with Crippen molar-refractivity contribution in [3.8, 4) is 11.1 Å². The first-order valence-electron chi connectivity index (χ1n) is 25.9. The Morgan fingerprint density at radius 1 is 0.822 bits per heavy atom. The summed E-state index contributed by atoms with van der Waals surface area (Å²) in [6, 6.07) is 9.94. The van der Waals surface area contributed by atoms with Gasteiger partial charge < -0.3 is 34.1 Å². The van der Waals surface area contributed by atoms with Gasteiger partial charge in [-0.3, -0.25) is 39.0 Å². The van der Waals surface area contributed by atoms with E-state index in [0.29, 0.717) is 56.4 Å². The lowest BCUT2D eigenvalue weighted by Gasteiger charge is -2.40. The summed E-state index contributed by atoms with van der Waals surface area (Å²) in [5, 5.41) is 10.3. The zero-order valence-electron chi connectivity index (χ0n) is 41.0. The number of rotatable bonds is 9. The lowest BCUT2D eigenvalue weighted by atomic mass is 9.90. The van der Waals surface area contributed by atoms with E-state index in [0.717, 1.165) is 135 Å². The van der Waals surface area contributed by atoms with Gasteiger partial charge in [-0.25, -0.2) is 18.6 Å². The molecule has 382 valence electrons. The Morgan fingerprint density at radius 3 is 2.38 bits per heavy atom. The number of pyridine rings is 1. The standard InChI is InChI=1S/C53H60F2N12O6/c1-56-53(72)64-17-10-42-41(30-64)49(59-67(42)34-11-23-73-24-12-34)65-14-2-3-33-25-37(39(48(54)55)27-44(33)65)38-28-46-57-13-18-63(46)31-45(38)62-15-8-32(9-16-62)29-60-19-21-61(22-20-60)35-4-5-36-40(26-35)52(71)66(51(36)70)43-6-7-47(68)58-50(43)69/h4-5,13,18,25-28,31-32,34,43,48H,2-3,6-12,14-17,19-24,29-30H2,1H3,(H,56,72)(H,58,68,69). The number of benzene rings is 2. The molecule has 4 fully saturated rings. The predicted octanol–water partition coefficient (Wildman–Crippen LogP) is 5.71. The number of ether oxygens (including phenoxy) is 1. The monoisotopic (exact) mass is 998 g/mol. The fraction of sp³-hybridized carbons (Fsp3) is 0.491. The molecule has 3 aromatic heterocycles. The molecule has 73 heavy (non-hydrogen) atoms. The number of hydrogen-bond acceptors (Lipinski definition) is 12. The molecule has 6 amide bonds. The number of aryl methyl sites for hydroxylation is 1. The van der Waals surface area contributed by atoms with Gasteiger partial charge in [0.05, 0.1) is 29.4 Å². The van der Waals surface area contributed by atoms with Crippen LogP contribution in [0.1, 0.15) is 101 Å². The number of piperazine rings is 1. The Kier molecular flexibility index (Phi) is 12.4. The summed E-state index contributed by atoms with van der Waals surface area (Å²) in [5.74, 6) is -0.869. The minimum atomic E-state index is -2.75. The van der Waals surface area contributed by atoms with Crippen LogP contribution in [0, 0.1) is 5.92 Å². The minimum absolute atomic E-state index is 0.0317. The summed E-state index contributed by atoms with van der Waals surface area (Å²) in [5.41, 5.74) is 8.03. The molecule has 0 aliphatic carbocycles. The summed E-state index contributed by atoms with van der Waals surface area (Å²) >= 11 is 0. The molecular formula is C53H60F2N12O6. The van der Waals surface area contributed by atoms with Gasteiger partial charge in [-0.1, -0.05) is 0 Å². The minimum Gasteiger partial charge on any atom is -0.381 e. The number of anilines is 4. The molecule has 4 saturated heterocycles. The Balaban J connectivity index is 0.752. The van der Waals surface area contributed by atoms with E-state index in [-0.39, 0.29) is 41.6 Å². The Labute approximate surface area is 421 Å². The summed E-state index contributed by atoms with van der Waals surface area (Å²) < 4.78 is 41.3. The van der Waals surface area contributed by atoms with Gasteiger partial charge in [-0.15, -0.1) is 0 Å². The third-order valence-corrected chi connectivity index (χ3v) is 16.4. The van der Waals surface area contributed by atoms with E-state index in [9.17, 15) is 24.0 Å². The van der Waals surface area contributed by atoms with Gasteiger partial charge in [-0.05, 0) is 98.4 Å². The molecule has 7 aliphatic heterocycles. The number of hydrogen-bond donors (Lipinski definition) is 2. The number of aromatic nitrogens is 4. The van der Waals surface area contributed by atoms with Crippen LogP contribution in [0.3, 0.4) is 0 Å². The number of nitrogens with zero attached hydrogens (tertiary/aromatic N) is 10. The number of imidazole rings is 1. The van der Waals surface area contributed by atoms with Gasteiger partial charge in [0.25, 0.3) is 18.2 Å². The zero-order valence-corrected chi connectivity index (χ0v) is 41.0. The van der Waals surface area contributed by atoms with Gasteiger partial charge in [0.1, 0.15) is 11.7 Å². The maximum Gasteiger partial charge on any atom is 0.317 e. The summed E-state index contributed by atoms with van der Waals surface area (Å²) in [6.45, 7) is 8.52. The van der Waals surface area contributed by atoms with Crippen molar-refractivity contribution in [1.29, 1.82) is 0 Å². The molecule has 1 atom stereocenters. The second-order valence-corrected chi connectivity index (χ2v) is 20.5. The second kappa shape index (κ2) is 19.2. The number of nitrogens with one attached hydrogen (secondary N) is 2. The fourth-order valence-corrected chi connectivity index (χ4v) is 12.5. The molecule has 2 aromatic carbocycles. The molecule has 20 heteroatoms. The number of alkyl halides is 2. The van der Waals surface area contributed by atoms with Crippen LogP contribution in [-0.2, 0) is 33.7 Å². The van der Waals surface area contributed by atoms with Gasteiger partial charge in [0.15, 0.2) is 5.82 Å². The number of carbonyl (C=O) groups excluding carboxylic acids is 5. The molecule has 0 saturated carbocycles. The Morgan fingerprint density at radius 2 is 1.62 bits per heavy atom. The van der Waals surface area contributed by atoms with Crippen LogP contribution >= 0.6 is 0 Å². The number of fused-ring (bicyclic) bond motifs is 4. The van der Waals surface area contributed by atoms with Gasteiger partial charge in [0, 0.05) is 144 Å². The highest BCUT2D eigenvalue weighted by Gasteiger charge is 2.45. The molecule has 18 nitrogen and oxygen atoms in total. The SMILES string of the molecule is CNC(=O)N1CCc2c(c(N3CCCc4cc(-c5cc6nccn6cc5N5CCC(CN6CCN(c7ccc8c(c7)C(=O)N(C7CCC(=O)NC7=O)C8=O)CC6)CC5)c(C(F)F)cc43)nn2C2CCOCC2)C1. The lowest BCUT2D eigenvalue weighted by molar-refractivity contribution is -0.136. The van der Waals surface area contributed by atoms with Gasteiger partial charge >= 0.3 is 6.03 Å². The molecule has 10 heterocycles. The third kappa shape index (κ3) is 8.54. The van der Waals surface area contributed by atoms with Crippen molar-refractivity contribution in [1.82, 2.24) is 44.5 Å². The molecule has 0 radical (unpaired) electrons. The van der Waals surface area contributed by atoms with E-state index >= 15 is 8.78 Å². The van der Waals surface area contributed by atoms with E-state index in [4.69, 9.17) is 9.84 Å². The first-order chi connectivity index (χ1) is 35.5. The number of amides is 6. The average molecular weight is 999 g/mol. The number of imide groups is 2. The molecule has 12 rings (SSSR count). The number of halogens is 2. The smallest absolute Gasteiger partial charge is 0.317 e. The van der Waals surface area contributed by atoms with Crippen LogP contribution in [0.25, 0.3) is 16.8 Å². The number of piperidine rings is 2. The highest BCUT2D eigenvalue weighted by Crippen LogP contribution is 2.46. The highest BCUT2D eigenvalue weighted by molar-refractivity contribution is 6.23. The first kappa shape index (κ1) is 47.1. The van der Waals surface area contributed by atoms with Crippen molar-refractivity contribution < 1.29 is 37.5 Å². The molecule has 0 spiro atoms. The zero-order chi connectivity index (χ0) is 50.1. The van der Waals surface area contributed by atoms with Gasteiger partial charge in [-0.2, -0.15) is 5.10 Å². The number of urea groups is 1. The predicted molar refractivity (Wildman–Crippen MR) is 268 cm³/mol.